The van der Waals surface area contributed by atoms with Crippen molar-refractivity contribution in [1.29, 1.82) is 0 Å². The first-order valence-corrected chi connectivity index (χ1v) is 10.0. The molecule has 0 fully saturated rings. The monoisotopic (exact) mass is 428 g/mol. The Hall–Kier alpha value is -3.42. The van der Waals surface area contributed by atoms with Crippen molar-refractivity contribution in [1.82, 2.24) is 15.5 Å². The summed E-state index contributed by atoms with van der Waals surface area (Å²) in [6.07, 6.45) is 0.804. The number of carbonyl (C=O) groups is 1. The normalized spacial score (nSPS) is 10.9. The first kappa shape index (κ1) is 23.9. The quantitative estimate of drug-likeness (QED) is 0.445. The summed E-state index contributed by atoms with van der Waals surface area (Å²) in [5.74, 6) is 2.77. The maximum absolute atomic E-state index is 12.0. The molecular weight excluding hydrogens is 396 g/mol. The molecule has 2 aromatic carbocycles. The molecule has 0 atom stereocenters. The fourth-order valence-corrected chi connectivity index (χ4v) is 2.76. The van der Waals surface area contributed by atoms with Gasteiger partial charge in [0.15, 0.2) is 5.96 Å². The van der Waals surface area contributed by atoms with Crippen molar-refractivity contribution in [2.75, 3.05) is 48.5 Å². The Kier molecular flexibility index (Phi) is 9.48. The summed E-state index contributed by atoms with van der Waals surface area (Å²) in [4.78, 5) is 18.2. The summed E-state index contributed by atoms with van der Waals surface area (Å²) in [5.41, 5.74) is 2.09. The van der Waals surface area contributed by atoms with Gasteiger partial charge >= 0.3 is 0 Å². The van der Waals surface area contributed by atoms with Gasteiger partial charge in [-0.15, -0.1) is 0 Å². The third kappa shape index (κ3) is 7.73. The number of amides is 1. The number of benzene rings is 2. The Morgan fingerprint density at radius 3 is 2.23 bits per heavy atom. The lowest BCUT2D eigenvalue weighted by Gasteiger charge is -2.15. The molecule has 2 aromatic rings. The van der Waals surface area contributed by atoms with Crippen LogP contribution in [0.15, 0.2) is 47.5 Å². The van der Waals surface area contributed by atoms with Crippen molar-refractivity contribution < 1.29 is 19.0 Å². The van der Waals surface area contributed by atoms with Crippen LogP contribution in [0, 0.1) is 0 Å². The predicted molar refractivity (Wildman–Crippen MR) is 122 cm³/mol. The fraction of sp³-hybridized carbons (Fsp3) is 0.391. The molecule has 0 radical (unpaired) electrons. The summed E-state index contributed by atoms with van der Waals surface area (Å²) in [6, 6.07) is 13.5. The molecule has 0 bridgehead atoms. The molecule has 0 aromatic heterocycles. The Labute approximate surface area is 184 Å². The minimum absolute atomic E-state index is 0.0355. The van der Waals surface area contributed by atoms with E-state index in [1.807, 2.05) is 42.5 Å². The molecule has 0 heterocycles. The van der Waals surface area contributed by atoms with E-state index in [1.165, 1.54) is 10.5 Å². The second-order valence-corrected chi connectivity index (χ2v) is 7.01. The number of nitrogens with zero attached hydrogens (tertiary/aromatic N) is 2. The average Bonchev–Trinajstić information content (AvgIpc) is 2.80. The second-order valence-electron chi connectivity index (χ2n) is 7.01. The van der Waals surface area contributed by atoms with E-state index >= 15 is 0 Å². The van der Waals surface area contributed by atoms with E-state index in [2.05, 4.69) is 15.6 Å². The van der Waals surface area contributed by atoms with Gasteiger partial charge in [-0.3, -0.25) is 4.79 Å². The smallest absolute Gasteiger partial charge is 0.241 e. The van der Waals surface area contributed by atoms with Crippen LogP contribution in [0.2, 0.25) is 0 Å². The Bertz CT molecular complexity index is 866. The number of hydrogen-bond donors (Lipinski definition) is 2. The topological polar surface area (TPSA) is 84.4 Å². The zero-order chi connectivity index (χ0) is 22.6. The van der Waals surface area contributed by atoms with Crippen LogP contribution in [-0.2, 0) is 17.8 Å². The van der Waals surface area contributed by atoms with Crippen LogP contribution < -0.4 is 24.8 Å². The van der Waals surface area contributed by atoms with Gasteiger partial charge in [0, 0.05) is 32.3 Å². The van der Waals surface area contributed by atoms with Crippen molar-refractivity contribution in [3.63, 3.8) is 0 Å². The van der Waals surface area contributed by atoms with Crippen LogP contribution in [0.25, 0.3) is 0 Å². The Morgan fingerprint density at radius 2 is 1.61 bits per heavy atom. The molecule has 168 valence electrons. The SMILES string of the molecule is COc1ccc(CCNC(=NCc2ccc(OC)cc2OC)NCC(=O)N(C)C)cc1. The van der Waals surface area contributed by atoms with E-state index in [4.69, 9.17) is 14.2 Å². The van der Waals surface area contributed by atoms with Gasteiger partial charge < -0.3 is 29.7 Å². The molecule has 0 spiro atoms. The molecule has 2 rings (SSSR count). The van der Waals surface area contributed by atoms with Gasteiger partial charge in [-0.2, -0.15) is 0 Å². The summed E-state index contributed by atoms with van der Waals surface area (Å²) in [6.45, 7) is 1.20. The average molecular weight is 429 g/mol. The number of hydrogen-bond acceptors (Lipinski definition) is 5. The Morgan fingerprint density at radius 1 is 0.935 bits per heavy atom. The number of likely N-dealkylation sites (N-methyl/N-ethyl adjacent to an activating group) is 1. The maximum atomic E-state index is 12.0. The van der Waals surface area contributed by atoms with Gasteiger partial charge in [0.1, 0.15) is 17.2 Å². The third-order valence-corrected chi connectivity index (χ3v) is 4.67. The molecule has 0 unspecified atom stereocenters. The number of rotatable bonds is 10. The van der Waals surface area contributed by atoms with Crippen LogP contribution in [0.5, 0.6) is 17.2 Å². The summed E-state index contributed by atoms with van der Waals surface area (Å²) >= 11 is 0. The Balaban J connectivity index is 2.05. The van der Waals surface area contributed by atoms with E-state index < -0.39 is 0 Å². The molecule has 8 nitrogen and oxygen atoms in total. The highest BCUT2D eigenvalue weighted by molar-refractivity contribution is 5.86. The van der Waals surface area contributed by atoms with Crippen molar-refractivity contribution in [3.8, 4) is 17.2 Å². The lowest BCUT2D eigenvalue weighted by Crippen LogP contribution is -2.43. The summed E-state index contributed by atoms with van der Waals surface area (Å²) in [5, 5.41) is 6.39. The number of methoxy groups -OCH3 is 3. The second kappa shape index (κ2) is 12.3. The molecule has 0 aliphatic rings. The zero-order valence-corrected chi connectivity index (χ0v) is 18.9. The van der Waals surface area contributed by atoms with Gasteiger partial charge in [-0.25, -0.2) is 4.99 Å². The van der Waals surface area contributed by atoms with Crippen LogP contribution in [0.3, 0.4) is 0 Å². The van der Waals surface area contributed by atoms with Crippen LogP contribution in [-0.4, -0.2) is 65.3 Å². The molecule has 1 amide bonds. The standard InChI is InChI=1S/C23H32N4O4/c1-27(2)22(28)16-26-23(24-13-12-17-6-9-19(29-3)10-7-17)25-15-18-8-11-20(30-4)14-21(18)31-5/h6-11,14H,12-13,15-16H2,1-5H3,(H2,24,25,26). The van der Waals surface area contributed by atoms with Crippen molar-refractivity contribution in [2.45, 2.75) is 13.0 Å². The van der Waals surface area contributed by atoms with E-state index in [0.717, 1.165) is 23.5 Å². The minimum atomic E-state index is -0.0355. The van der Waals surface area contributed by atoms with Gasteiger partial charge in [-0.1, -0.05) is 12.1 Å². The van der Waals surface area contributed by atoms with E-state index in [-0.39, 0.29) is 12.5 Å². The van der Waals surface area contributed by atoms with Gasteiger partial charge in [0.25, 0.3) is 0 Å². The number of ether oxygens (including phenoxy) is 3. The highest BCUT2D eigenvalue weighted by Crippen LogP contribution is 2.25. The number of nitrogens with one attached hydrogen (secondary N) is 2. The largest absolute Gasteiger partial charge is 0.497 e. The van der Waals surface area contributed by atoms with E-state index in [9.17, 15) is 4.79 Å². The summed E-state index contributed by atoms with van der Waals surface area (Å²) < 4.78 is 15.9. The minimum Gasteiger partial charge on any atom is -0.497 e. The molecule has 0 aliphatic heterocycles. The number of carbonyl (C=O) groups excluding carboxylic acids is 1. The van der Waals surface area contributed by atoms with Crippen LogP contribution in [0.4, 0.5) is 0 Å². The molecule has 8 heteroatoms. The van der Waals surface area contributed by atoms with Crippen LogP contribution in [0.1, 0.15) is 11.1 Å². The predicted octanol–water partition coefficient (Wildman–Crippen LogP) is 2.08. The number of aliphatic imine (C=N–C) groups is 1. The molecular formula is C23H32N4O4. The molecule has 0 aliphatic carbocycles. The summed E-state index contributed by atoms with van der Waals surface area (Å²) in [7, 11) is 8.32. The number of guanidine groups is 1. The highest BCUT2D eigenvalue weighted by Gasteiger charge is 2.08. The lowest BCUT2D eigenvalue weighted by atomic mass is 10.1. The fourth-order valence-electron chi connectivity index (χ4n) is 2.76. The lowest BCUT2D eigenvalue weighted by molar-refractivity contribution is -0.127. The van der Waals surface area contributed by atoms with E-state index in [0.29, 0.717) is 24.8 Å². The van der Waals surface area contributed by atoms with Crippen molar-refractivity contribution >= 4 is 11.9 Å². The van der Waals surface area contributed by atoms with E-state index in [1.54, 1.807) is 35.4 Å². The van der Waals surface area contributed by atoms with Gasteiger partial charge in [0.2, 0.25) is 5.91 Å². The highest BCUT2D eigenvalue weighted by atomic mass is 16.5. The van der Waals surface area contributed by atoms with Crippen molar-refractivity contribution in [2.24, 2.45) is 4.99 Å². The first-order chi connectivity index (χ1) is 15.0. The maximum Gasteiger partial charge on any atom is 0.241 e. The molecule has 0 saturated heterocycles. The molecule has 0 saturated carbocycles. The zero-order valence-electron chi connectivity index (χ0n) is 18.9. The molecule has 31 heavy (non-hydrogen) atoms. The van der Waals surface area contributed by atoms with Crippen LogP contribution >= 0.6 is 0 Å². The first-order valence-electron chi connectivity index (χ1n) is 10.0. The van der Waals surface area contributed by atoms with Gasteiger partial charge in [-0.05, 0) is 36.2 Å². The third-order valence-electron chi connectivity index (χ3n) is 4.67. The van der Waals surface area contributed by atoms with Gasteiger partial charge in [0.05, 0.1) is 34.4 Å². The van der Waals surface area contributed by atoms with Crippen molar-refractivity contribution in [3.05, 3.63) is 53.6 Å². The molecule has 2 N–H and O–H groups in total.